The molecule has 0 radical (unpaired) electrons. The standard InChI is InChI=1S/C11H16N4O4/c1-11(9(17)18,6-4-5-6)12-7-8(16)14(2)10(19)15(3)13-7/h6H,4-5H2,1-3H3,(H,12,13)(H,17,18). The minimum absolute atomic E-state index is 0.0336. The molecular formula is C11H16N4O4. The minimum Gasteiger partial charge on any atom is -0.480 e. The Morgan fingerprint density at radius 1 is 1.42 bits per heavy atom. The van der Waals surface area contributed by atoms with Crippen LogP contribution in [0.5, 0.6) is 0 Å². The monoisotopic (exact) mass is 268 g/mol. The van der Waals surface area contributed by atoms with Gasteiger partial charge in [0.2, 0.25) is 5.82 Å². The van der Waals surface area contributed by atoms with Gasteiger partial charge in [-0.25, -0.2) is 14.3 Å². The minimum atomic E-state index is -1.24. The van der Waals surface area contributed by atoms with E-state index < -0.39 is 22.8 Å². The summed E-state index contributed by atoms with van der Waals surface area (Å²) in [5.74, 6) is -1.19. The molecule has 1 unspecified atom stereocenters. The molecule has 0 saturated heterocycles. The second kappa shape index (κ2) is 4.22. The summed E-state index contributed by atoms with van der Waals surface area (Å²) in [4.78, 5) is 34.8. The highest BCUT2D eigenvalue weighted by molar-refractivity contribution is 5.82. The number of nitrogens with zero attached hydrogens (tertiary/aromatic N) is 3. The lowest BCUT2D eigenvalue weighted by Crippen LogP contribution is -2.49. The summed E-state index contributed by atoms with van der Waals surface area (Å²) < 4.78 is 1.89. The lowest BCUT2D eigenvalue weighted by atomic mass is 9.96. The highest BCUT2D eigenvalue weighted by Crippen LogP contribution is 2.41. The number of carbonyl (C=O) groups is 1. The molecule has 0 amide bonds. The van der Waals surface area contributed by atoms with Crippen molar-refractivity contribution in [3.8, 4) is 0 Å². The van der Waals surface area contributed by atoms with Crippen LogP contribution in [0.2, 0.25) is 0 Å². The Morgan fingerprint density at radius 2 is 2.00 bits per heavy atom. The largest absolute Gasteiger partial charge is 0.480 e. The van der Waals surface area contributed by atoms with E-state index in [1.165, 1.54) is 21.0 Å². The number of anilines is 1. The number of carboxylic acid groups (broad SMARTS) is 1. The van der Waals surface area contributed by atoms with Gasteiger partial charge in [0, 0.05) is 14.1 Å². The molecule has 104 valence electrons. The Balaban J connectivity index is 2.46. The number of rotatable bonds is 4. The van der Waals surface area contributed by atoms with Gasteiger partial charge in [0.1, 0.15) is 5.54 Å². The molecule has 1 fully saturated rings. The molecule has 0 spiro atoms. The van der Waals surface area contributed by atoms with Crippen molar-refractivity contribution in [2.24, 2.45) is 20.0 Å². The average Bonchev–Trinajstić information content (AvgIpc) is 3.17. The van der Waals surface area contributed by atoms with Crippen molar-refractivity contribution in [2.75, 3.05) is 5.32 Å². The maximum absolute atomic E-state index is 11.9. The third kappa shape index (κ3) is 2.13. The van der Waals surface area contributed by atoms with Crippen LogP contribution < -0.4 is 16.6 Å². The second-order valence-corrected chi connectivity index (χ2v) is 5.03. The molecule has 1 aromatic heterocycles. The number of aromatic nitrogens is 3. The van der Waals surface area contributed by atoms with E-state index in [1.807, 2.05) is 0 Å². The van der Waals surface area contributed by atoms with Crippen molar-refractivity contribution in [1.82, 2.24) is 14.3 Å². The molecule has 1 atom stereocenters. The molecule has 0 aromatic carbocycles. The van der Waals surface area contributed by atoms with E-state index in [-0.39, 0.29) is 11.7 Å². The second-order valence-electron chi connectivity index (χ2n) is 5.03. The first-order chi connectivity index (χ1) is 8.77. The van der Waals surface area contributed by atoms with E-state index in [0.717, 1.165) is 22.1 Å². The Labute approximate surface area is 108 Å². The summed E-state index contributed by atoms with van der Waals surface area (Å²) in [5.41, 5.74) is -2.42. The van der Waals surface area contributed by atoms with Crippen molar-refractivity contribution in [3.63, 3.8) is 0 Å². The maximum Gasteiger partial charge on any atom is 0.346 e. The average molecular weight is 268 g/mol. The molecule has 1 aliphatic carbocycles. The number of hydrogen-bond acceptors (Lipinski definition) is 5. The molecule has 8 heteroatoms. The maximum atomic E-state index is 11.9. The molecule has 8 nitrogen and oxygen atoms in total. The number of hydrogen-bond donors (Lipinski definition) is 2. The summed E-state index contributed by atoms with van der Waals surface area (Å²) in [6.07, 6.45) is 1.59. The summed E-state index contributed by atoms with van der Waals surface area (Å²) in [6.45, 7) is 1.53. The molecule has 0 aliphatic heterocycles. The van der Waals surface area contributed by atoms with Crippen LogP contribution in [0.25, 0.3) is 0 Å². The molecule has 0 bridgehead atoms. The molecule has 2 N–H and O–H groups in total. The van der Waals surface area contributed by atoms with E-state index >= 15 is 0 Å². The zero-order valence-corrected chi connectivity index (χ0v) is 11.0. The number of carboxylic acids is 1. The van der Waals surface area contributed by atoms with Crippen LogP contribution >= 0.6 is 0 Å². The summed E-state index contributed by atoms with van der Waals surface area (Å²) in [7, 11) is 2.73. The quantitative estimate of drug-likeness (QED) is 0.736. The van der Waals surface area contributed by atoms with E-state index in [4.69, 9.17) is 0 Å². The first kappa shape index (κ1) is 13.3. The predicted octanol–water partition coefficient (Wildman–Crippen LogP) is -0.856. The van der Waals surface area contributed by atoms with Crippen molar-refractivity contribution >= 4 is 11.8 Å². The Morgan fingerprint density at radius 3 is 2.47 bits per heavy atom. The van der Waals surface area contributed by atoms with E-state index in [9.17, 15) is 19.5 Å². The van der Waals surface area contributed by atoms with Crippen LogP contribution in [0.3, 0.4) is 0 Å². The van der Waals surface area contributed by atoms with Crippen LogP contribution in [-0.4, -0.2) is 31.0 Å². The van der Waals surface area contributed by atoms with Crippen molar-refractivity contribution < 1.29 is 9.90 Å². The van der Waals surface area contributed by atoms with Crippen LogP contribution in [0.1, 0.15) is 19.8 Å². The number of nitrogens with one attached hydrogen (secondary N) is 1. The van der Waals surface area contributed by atoms with Crippen LogP contribution in [-0.2, 0) is 18.9 Å². The Kier molecular flexibility index (Phi) is 2.95. The fraction of sp³-hybridized carbons (Fsp3) is 0.636. The third-order valence-corrected chi connectivity index (χ3v) is 3.54. The first-order valence-electron chi connectivity index (χ1n) is 5.93. The molecule has 1 aromatic rings. The lowest BCUT2D eigenvalue weighted by Gasteiger charge is -2.26. The third-order valence-electron chi connectivity index (χ3n) is 3.54. The van der Waals surface area contributed by atoms with Crippen molar-refractivity contribution in [2.45, 2.75) is 25.3 Å². The van der Waals surface area contributed by atoms with Gasteiger partial charge in [0.15, 0.2) is 0 Å². The van der Waals surface area contributed by atoms with Gasteiger partial charge >= 0.3 is 11.7 Å². The van der Waals surface area contributed by atoms with Gasteiger partial charge in [-0.2, -0.15) is 0 Å². The summed E-state index contributed by atoms with van der Waals surface area (Å²) >= 11 is 0. The normalized spacial score (nSPS) is 17.8. The van der Waals surface area contributed by atoms with Crippen molar-refractivity contribution in [3.05, 3.63) is 20.8 Å². The topological polar surface area (TPSA) is 106 Å². The smallest absolute Gasteiger partial charge is 0.346 e. The summed E-state index contributed by atoms with van der Waals surface area (Å²) in [6, 6.07) is 0. The summed E-state index contributed by atoms with van der Waals surface area (Å²) in [5, 5.41) is 15.8. The van der Waals surface area contributed by atoms with Crippen LogP contribution in [0, 0.1) is 5.92 Å². The lowest BCUT2D eigenvalue weighted by molar-refractivity contribution is -0.142. The SMILES string of the molecule is Cn1nc(NC(C)(C(=O)O)C2CC2)c(=O)n(C)c1=O. The number of aryl methyl sites for hydroxylation is 1. The van der Waals surface area contributed by atoms with Gasteiger partial charge in [-0.1, -0.05) is 0 Å². The molecule has 1 aliphatic rings. The first-order valence-corrected chi connectivity index (χ1v) is 5.93. The molecule has 1 saturated carbocycles. The highest BCUT2D eigenvalue weighted by atomic mass is 16.4. The van der Waals surface area contributed by atoms with E-state index in [2.05, 4.69) is 10.4 Å². The molecule has 19 heavy (non-hydrogen) atoms. The van der Waals surface area contributed by atoms with Crippen molar-refractivity contribution in [1.29, 1.82) is 0 Å². The van der Waals surface area contributed by atoms with Crippen LogP contribution in [0.4, 0.5) is 5.82 Å². The van der Waals surface area contributed by atoms with Gasteiger partial charge in [0.25, 0.3) is 5.56 Å². The molecule has 2 rings (SSSR count). The van der Waals surface area contributed by atoms with Gasteiger partial charge in [-0.05, 0) is 25.7 Å². The van der Waals surface area contributed by atoms with Gasteiger partial charge in [-0.15, -0.1) is 5.10 Å². The highest BCUT2D eigenvalue weighted by Gasteiger charge is 2.48. The number of aliphatic carboxylic acids is 1. The van der Waals surface area contributed by atoms with Crippen LogP contribution in [0.15, 0.2) is 9.59 Å². The zero-order valence-electron chi connectivity index (χ0n) is 11.0. The predicted molar refractivity (Wildman–Crippen MR) is 67.1 cm³/mol. The van der Waals surface area contributed by atoms with Gasteiger partial charge in [0.05, 0.1) is 0 Å². The molecular weight excluding hydrogens is 252 g/mol. The van der Waals surface area contributed by atoms with E-state index in [1.54, 1.807) is 0 Å². The Hall–Kier alpha value is -2.12. The van der Waals surface area contributed by atoms with Gasteiger partial charge < -0.3 is 10.4 Å². The Bertz CT molecular complexity index is 643. The zero-order chi connectivity index (χ0) is 14.4. The fourth-order valence-corrected chi connectivity index (χ4v) is 2.01. The van der Waals surface area contributed by atoms with Gasteiger partial charge in [-0.3, -0.25) is 9.36 Å². The fourth-order valence-electron chi connectivity index (χ4n) is 2.01. The molecule has 1 heterocycles. The van der Waals surface area contributed by atoms with E-state index in [0.29, 0.717) is 0 Å².